The molecule has 0 heterocycles. The van der Waals surface area contributed by atoms with Crippen molar-refractivity contribution in [2.75, 3.05) is 25.0 Å². The van der Waals surface area contributed by atoms with E-state index in [1.165, 1.54) is 18.0 Å². The summed E-state index contributed by atoms with van der Waals surface area (Å²) in [7, 11) is 1.52. The van der Waals surface area contributed by atoms with Gasteiger partial charge < -0.3 is 10.0 Å². The largest absolute Gasteiger partial charge is 0.480 e. The lowest BCUT2D eigenvalue weighted by Gasteiger charge is -2.26. The highest BCUT2D eigenvalue weighted by Gasteiger charge is 2.20. The number of carboxylic acids is 1. The Labute approximate surface area is 117 Å². The quantitative estimate of drug-likeness (QED) is 0.827. The second kappa shape index (κ2) is 6.95. The van der Waals surface area contributed by atoms with Gasteiger partial charge in [0, 0.05) is 19.3 Å². The number of hydrogen-bond donors (Lipinski definition) is 1. The second-order valence-corrected chi connectivity index (χ2v) is 4.07. The van der Waals surface area contributed by atoms with Crippen LogP contribution in [-0.4, -0.2) is 42.1 Å². The fraction of sp³-hybridized carbons (Fsp3) is 0.214. The van der Waals surface area contributed by atoms with Crippen LogP contribution in [-0.2, 0) is 4.79 Å². The average Bonchev–Trinajstić information content (AvgIpc) is 2.45. The minimum Gasteiger partial charge on any atom is -0.480 e. The molecule has 1 rings (SSSR count). The fourth-order valence-electron chi connectivity index (χ4n) is 1.64. The van der Waals surface area contributed by atoms with Crippen LogP contribution in [0.3, 0.4) is 0 Å². The van der Waals surface area contributed by atoms with Crippen LogP contribution in [0.25, 0.3) is 0 Å². The maximum Gasteiger partial charge on any atom is 0.325 e. The van der Waals surface area contributed by atoms with Crippen molar-refractivity contribution < 1.29 is 14.7 Å². The predicted octanol–water partition coefficient (Wildman–Crippen LogP) is 1.69. The molecule has 0 radical (unpaired) electrons. The number of anilines is 1. The van der Waals surface area contributed by atoms with Crippen LogP contribution in [0.2, 0.25) is 0 Å². The fourth-order valence-corrected chi connectivity index (χ4v) is 1.64. The highest BCUT2D eigenvalue weighted by atomic mass is 16.4. The minimum atomic E-state index is -1.10. The number of aliphatic carboxylic acids is 1. The first-order valence-electron chi connectivity index (χ1n) is 5.85. The van der Waals surface area contributed by atoms with Gasteiger partial charge in [-0.3, -0.25) is 9.69 Å². The topological polar surface area (TPSA) is 84.6 Å². The normalized spacial score (nSPS) is 9.40. The van der Waals surface area contributed by atoms with Crippen LogP contribution in [0.5, 0.6) is 0 Å². The maximum atomic E-state index is 12.2. The Morgan fingerprint density at radius 2 is 2.20 bits per heavy atom. The molecular formula is C14H15N3O3. The molecule has 1 aromatic rings. The number of hydrogen-bond acceptors (Lipinski definition) is 3. The van der Waals surface area contributed by atoms with Crippen molar-refractivity contribution in [3.63, 3.8) is 0 Å². The van der Waals surface area contributed by atoms with Gasteiger partial charge in [0.15, 0.2) is 0 Å². The van der Waals surface area contributed by atoms with E-state index in [0.29, 0.717) is 11.3 Å². The number of carbonyl (C=O) groups excluding carboxylic acids is 1. The van der Waals surface area contributed by atoms with Crippen LogP contribution in [0, 0.1) is 11.3 Å². The zero-order valence-electron chi connectivity index (χ0n) is 11.1. The Bertz CT molecular complexity index is 563. The standard InChI is InChI=1S/C14H15N3O3/c1-3-7-17(10-13(18)19)14(20)16(2)12-6-4-5-11(8-12)9-15/h3-6,8H,1,7,10H2,2H3,(H,18,19). The van der Waals surface area contributed by atoms with Crippen LogP contribution >= 0.6 is 0 Å². The Morgan fingerprint density at radius 3 is 2.75 bits per heavy atom. The SMILES string of the molecule is C=CCN(CC(=O)O)C(=O)N(C)c1cccc(C#N)c1. The van der Waals surface area contributed by atoms with Gasteiger partial charge in [-0.2, -0.15) is 5.26 Å². The van der Waals surface area contributed by atoms with Crippen LogP contribution in [0.1, 0.15) is 5.56 Å². The van der Waals surface area contributed by atoms with Crippen LogP contribution < -0.4 is 4.90 Å². The van der Waals surface area contributed by atoms with Crippen LogP contribution in [0.15, 0.2) is 36.9 Å². The number of rotatable bonds is 5. The third kappa shape index (κ3) is 3.85. The lowest BCUT2D eigenvalue weighted by Crippen LogP contribution is -2.43. The highest BCUT2D eigenvalue weighted by Crippen LogP contribution is 2.16. The predicted molar refractivity (Wildman–Crippen MR) is 74.4 cm³/mol. The molecule has 0 spiro atoms. The van der Waals surface area contributed by atoms with Crippen molar-refractivity contribution >= 4 is 17.7 Å². The summed E-state index contributed by atoms with van der Waals surface area (Å²) in [6, 6.07) is 8.03. The smallest absolute Gasteiger partial charge is 0.325 e. The number of benzene rings is 1. The summed E-state index contributed by atoms with van der Waals surface area (Å²) >= 11 is 0. The molecule has 0 saturated heterocycles. The zero-order valence-corrected chi connectivity index (χ0v) is 11.1. The third-order valence-electron chi connectivity index (χ3n) is 2.60. The lowest BCUT2D eigenvalue weighted by atomic mass is 10.2. The molecule has 1 N–H and O–H groups in total. The summed E-state index contributed by atoms with van der Waals surface area (Å²) in [5.41, 5.74) is 0.948. The van der Waals surface area contributed by atoms with Crippen LogP contribution in [0.4, 0.5) is 10.5 Å². The molecule has 0 aliphatic carbocycles. The second-order valence-electron chi connectivity index (χ2n) is 4.07. The first-order valence-corrected chi connectivity index (χ1v) is 5.85. The van der Waals surface area contributed by atoms with Gasteiger partial charge in [0.1, 0.15) is 6.54 Å². The van der Waals surface area contributed by atoms with E-state index in [9.17, 15) is 9.59 Å². The highest BCUT2D eigenvalue weighted by molar-refractivity contribution is 5.93. The Hall–Kier alpha value is -2.81. The third-order valence-corrected chi connectivity index (χ3v) is 2.60. The van der Waals surface area contributed by atoms with E-state index in [1.807, 2.05) is 6.07 Å². The van der Waals surface area contributed by atoms with Gasteiger partial charge in [-0.05, 0) is 18.2 Å². The molecule has 0 aliphatic heterocycles. The number of urea groups is 1. The molecular weight excluding hydrogens is 258 g/mol. The molecule has 1 aromatic carbocycles. The summed E-state index contributed by atoms with van der Waals surface area (Å²) in [4.78, 5) is 25.4. The van der Waals surface area contributed by atoms with Crippen molar-refractivity contribution in [3.05, 3.63) is 42.5 Å². The minimum absolute atomic E-state index is 0.132. The van der Waals surface area contributed by atoms with E-state index in [2.05, 4.69) is 6.58 Å². The molecule has 2 amide bonds. The van der Waals surface area contributed by atoms with Gasteiger partial charge in [0.2, 0.25) is 0 Å². The molecule has 0 aliphatic rings. The summed E-state index contributed by atoms with van der Waals surface area (Å²) < 4.78 is 0. The van der Waals surface area contributed by atoms with Crippen molar-refractivity contribution in [1.29, 1.82) is 5.26 Å². The summed E-state index contributed by atoms with van der Waals surface area (Å²) in [6.45, 7) is 3.22. The van der Waals surface area contributed by atoms with Crippen molar-refractivity contribution in [2.24, 2.45) is 0 Å². The molecule has 20 heavy (non-hydrogen) atoms. The molecule has 0 unspecified atom stereocenters. The van der Waals surface area contributed by atoms with Crippen molar-refractivity contribution in [2.45, 2.75) is 0 Å². The zero-order chi connectivity index (χ0) is 15.1. The Morgan fingerprint density at radius 1 is 1.50 bits per heavy atom. The van der Waals surface area contributed by atoms with Gasteiger partial charge in [0.05, 0.1) is 11.6 Å². The maximum absolute atomic E-state index is 12.2. The number of amides is 2. The molecule has 0 aromatic heterocycles. The van der Waals surface area contributed by atoms with Gasteiger partial charge >= 0.3 is 12.0 Å². The van der Waals surface area contributed by atoms with E-state index in [4.69, 9.17) is 10.4 Å². The number of carbonyl (C=O) groups is 2. The van der Waals surface area contributed by atoms with Gasteiger partial charge in [-0.25, -0.2) is 4.79 Å². The van der Waals surface area contributed by atoms with E-state index in [-0.39, 0.29) is 6.54 Å². The van der Waals surface area contributed by atoms with E-state index in [0.717, 1.165) is 4.90 Å². The molecule has 0 atom stereocenters. The van der Waals surface area contributed by atoms with E-state index in [1.54, 1.807) is 24.3 Å². The van der Waals surface area contributed by atoms with Crippen molar-refractivity contribution in [1.82, 2.24) is 4.90 Å². The molecule has 6 heteroatoms. The number of nitriles is 1. The average molecular weight is 273 g/mol. The molecule has 0 fully saturated rings. The lowest BCUT2D eigenvalue weighted by molar-refractivity contribution is -0.137. The monoisotopic (exact) mass is 273 g/mol. The van der Waals surface area contributed by atoms with Gasteiger partial charge in [0.25, 0.3) is 0 Å². The van der Waals surface area contributed by atoms with Gasteiger partial charge in [-0.1, -0.05) is 12.1 Å². The Balaban J connectivity index is 2.95. The van der Waals surface area contributed by atoms with Crippen molar-refractivity contribution in [3.8, 4) is 6.07 Å². The molecule has 0 saturated carbocycles. The molecule has 0 bridgehead atoms. The first kappa shape index (κ1) is 15.2. The molecule has 6 nitrogen and oxygen atoms in total. The van der Waals surface area contributed by atoms with E-state index < -0.39 is 18.5 Å². The Kier molecular flexibility index (Phi) is 5.30. The van der Waals surface area contributed by atoms with E-state index >= 15 is 0 Å². The number of carboxylic acid groups (broad SMARTS) is 1. The summed E-state index contributed by atoms with van der Waals surface area (Å²) in [6.07, 6.45) is 1.46. The summed E-state index contributed by atoms with van der Waals surface area (Å²) in [5, 5.41) is 17.6. The number of nitrogens with zero attached hydrogens (tertiary/aromatic N) is 3. The first-order chi connectivity index (χ1) is 9.49. The van der Waals surface area contributed by atoms with Gasteiger partial charge in [-0.15, -0.1) is 6.58 Å². The summed E-state index contributed by atoms with van der Waals surface area (Å²) in [5.74, 6) is -1.10. The molecule has 104 valence electrons.